The minimum atomic E-state index is -3.63. The van der Waals surface area contributed by atoms with E-state index in [1.54, 1.807) is 6.07 Å². The van der Waals surface area contributed by atoms with Crippen molar-refractivity contribution in [1.82, 2.24) is 5.16 Å². The lowest BCUT2D eigenvalue weighted by molar-refractivity contribution is -0.117. The molecule has 0 radical (unpaired) electrons. The summed E-state index contributed by atoms with van der Waals surface area (Å²) in [5.74, 6) is -0.434. The molecule has 1 amide bonds. The molecule has 1 saturated heterocycles. The molecule has 22 heavy (non-hydrogen) atoms. The summed E-state index contributed by atoms with van der Waals surface area (Å²) in [6.45, 7) is 0.258. The summed E-state index contributed by atoms with van der Waals surface area (Å²) < 4.78 is 27.5. The molecule has 0 N–H and O–H groups in total. The Morgan fingerprint density at radius 2 is 2.05 bits per heavy atom. The molecule has 116 valence electrons. The van der Waals surface area contributed by atoms with Crippen molar-refractivity contribution >= 4 is 31.5 Å². The molecule has 3 rings (SSSR count). The van der Waals surface area contributed by atoms with E-state index in [-0.39, 0.29) is 30.5 Å². The topological polar surface area (TPSA) is 80.5 Å². The van der Waals surface area contributed by atoms with Crippen LogP contribution >= 0.6 is 10.7 Å². The highest BCUT2D eigenvalue weighted by atomic mass is 35.7. The van der Waals surface area contributed by atoms with Gasteiger partial charge in [-0.3, -0.25) is 9.69 Å². The predicted octanol–water partition coefficient (Wildman–Crippen LogP) is 2.26. The van der Waals surface area contributed by atoms with Crippen molar-refractivity contribution in [2.24, 2.45) is 5.92 Å². The van der Waals surface area contributed by atoms with E-state index in [9.17, 15) is 13.2 Å². The van der Waals surface area contributed by atoms with E-state index < -0.39 is 9.05 Å². The second kappa shape index (κ2) is 5.73. The van der Waals surface area contributed by atoms with Gasteiger partial charge in [-0.25, -0.2) is 8.42 Å². The first kappa shape index (κ1) is 15.1. The van der Waals surface area contributed by atoms with Gasteiger partial charge in [0.1, 0.15) is 5.69 Å². The minimum absolute atomic E-state index is 0.132. The molecule has 2 aromatic rings. The highest BCUT2D eigenvalue weighted by Gasteiger charge is 2.35. The maximum atomic E-state index is 12.0. The van der Waals surface area contributed by atoms with Crippen LogP contribution in [0.2, 0.25) is 0 Å². The van der Waals surface area contributed by atoms with Crippen LogP contribution in [-0.2, 0) is 13.8 Å². The number of halogens is 1. The van der Waals surface area contributed by atoms with Crippen LogP contribution < -0.4 is 4.90 Å². The number of aromatic nitrogens is 1. The number of hydrogen-bond donors (Lipinski definition) is 0. The molecule has 1 atom stereocenters. The molecule has 2 heterocycles. The first-order valence-corrected chi connectivity index (χ1v) is 9.15. The highest BCUT2D eigenvalue weighted by Crippen LogP contribution is 2.29. The van der Waals surface area contributed by atoms with Crippen molar-refractivity contribution in [2.45, 2.75) is 6.42 Å². The van der Waals surface area contributed by atoms with Crippen molar-refractivity contribution in [2.75, 3.05) is 17.2 Å². The van der Waals surface area contributed by atoms with Gasteiger partial charge in [0, 0.05) is 41.2 Å². The van der Waals surface area contributed by atoms with Crippen LogP contribution in [0.3, 0.4) is 0 Å². The largest absolute Gasteiger partial charge is 0.338 e. The summed E-state index contributed by atoms with van der Waals surface area (Å²) in [7, 11) is 1.62. The van der Waals surface area contributed by atoms with Crippen LogP contribution in [0.15, 0.2) is 40.9 Å². The standard InChI is InChI=1S/C14H13ClN2O4S/c15-22(19,20)9-10-6-13(18)17(8-10)14-7-12(16-21-14)11-4-2-1-3-5-11/h1-5,7,10H,6,8-9H2. The van der Waals surface area contributed by atoms with Crippen LogP contribution in [-0.4, -0.2) is 31.8 Å². The summed E-state index contributed by atoms with van der Waals surface area (Å²) in [4.78, 5) is 13.4. The summed E-state index contributed by atoms with van der Waals surface area (Å²) in [5.41, 5.74) is 1.50. The van der Waals surface area contributed by atoms with E-state index in [0.717, 1.165) is 5.56 Å². The Balaban J connectivity index is 1.78. The average molecular weight is 341 g/mol. The fourth-order valence-electron chi connectivity index (χ4n) is 2.53. The summed E-state index contributed by atoms with van der Waals surface area (Å²) in [6, 6.07) is 11.1. The first-order chi connectivity index (χ1) is 10.4. The first-order valence-electron chi connectivity index (χ1n) is 6.67. The average Bonchev–Trinajstić information content (AvgIpc) is 3.05. The normalized spacial score (nSPS) is 18.9. The number of nitrogens with zero attached hydrogens (tertiary/aromatic N) is 2. The number of carbonyl (C=O) groups is 1. The molecule has 1 aromatic carbocycles. The number of rotatable bonds is 4. The number of anilines is 1. The molecule has 1 aliphatic rings. The molecule has 8 heteroatoms. The van der Waals surface area contributed by atoms with E-state index in [0.29, 0.717) is 11.6 Å². The smallest absolute Gasteiger partial charge is 0.234 e. The maximum Gasteiger partial charge on any atom is 0.234 e. The number of hydrogen-bond acceptors (Lipinski definition) is 5. The Kier molecular flexibility index (Phi) is 3.92. The highest BCUT2D eigenvalue weighted by molar-refractivity contribution is 8.13. The molecule has 0 saturated carbocycles. The van der Waals surface area contributed by atoms with Gasteiger partial charge in [-0.2, -0.15) is 0 Å². The van der Waals surface area contributed by atoms with E-state index in [4.69, 9.17) is 15.2 Å². The fraction of sp³-hybridized carbons (Fsp3) is 0.286. The lowest BCUT2D eigenvalue weighted by Crippen LogP contribution is -2.24. The van der Waals surface area contributed by atoms with Crippen molar-refractivity contribution in [3.8, 4) is 11.3 Å². The molecular formula is C14H13ClN2O4S. The van der Waals surface area contributed by atoms with Gasteiger partial charge < -0.3 is 4.52 Å². The van der Waals surface area contributed by atoms with Crippen LogP contribution in [0.5, 0.6) is 0 Å². The summed E-state index contributed by atoms with van der Waals surface area (Å²) in [6.07, 6.45) is 0.132. The van der Waals surface area contributed by atoms with E-state index in [1.165, 1.54) is 4.90 Å². The van der Waals surface area contributed by atoms with Crippen molar-refractivity contribution < 1.29 is 17.7 Å². The van der Waals surface area contributed by atoms with Gasteiger partial charge in [0.25, 0.3) is 0 Å². The van der Waals surface area contributed by atoms with Crippen LogP contribution in [0, 0.1) is 5.92 Å². The third kappa shape index (κ3) is 3.31. The third-order valence-corrected chi connectivity index (χ3v) is 4.72. The Hall–Kier alpha value is -1.86. The monoisotopic (exact) mass is 340 g/mol. The Bertz CT molecular complexity index is 788. The molecular weight excluding hydrogens is 328 g/mol. The maximum absolute atomic E-state index is 12.0. The Labute approximate surface area is 132 Å². The Morgan fingerprint density at radius 1 is 1.32 bits per heavy atom. The molecule has 1 fully saturated rings. The van der Waals surface area contributed by atoms with E-state index in [1.807, 2.05) is 30.3 Å². The van der Waals surface area contributed by atoms with Gasteiger partial charge in [-0.15, -0.1) is 0 Å². The van der Waals surface area contributed by atoms with Crippen molar-refractivity contribution in [1.29, 1.82) is 0 Å². The lowest BCUT2D eigenvalue weighted by atomic mass is 10.1. The van der Waals surface area contributed by atoms with Crippen molar-refractivity contribution in [3.05, 3.63) is 36.4 Å². The SMILES string of the molecule is O=C1CC(CS(=O)(=O)Cl)CN1c1cc(-c2ccccc2)no1. The molecule has 6 nitrogen and oxygen atoms in total. The molecule has 0 aliphatic carbocycles. The third-order valence-electron chi connectivity index (χ3n) is 3.47. The molecule has 1 unspecified atom stereocenters. The zero-order valence-corrected chi connectivity index (χ0v) is 13.0. The fourth-order valence-corrected chi connectivity index (χ4v) is 3.85. The Morgan fingerprint density at radius 3 is 2.73 bits per heavy atom. The summed E-state index contributed by atoms with van der Waals surface area (Å²) in [5, 5.41) is 3.95. The zero-order chi connectivity index (χ0) is 15.7. The second-order valence-electron chi connectivity index (χ2n) is 5.20. The van der Waals surface area contributed by atoms with Gasteiger partial charge in [0.05, 0.1) is 5.75 Å². The van der Waals surface area contributed by atoms with Gasteiger partial charge in [-0.05, 0) is 0 Å². The second-order valence-corrected chi connectivity index (χ2v) is 8.02. The van der Waals surface area contributed by atoms with Gasteiger partial charge in [0.15, 0.2) is 0 Å². The van der Waals surface area contributed by atoms with Crippen LogP contribution in [0.1, 0.15) is 6.42 Å². The minimum Gasteiger partial charge on any atom is -0.338 e. The molecule has 0 bridgehead atoms. The summed E-state index contributed by atoms with van der Waals surface area (Å²) >= 11 is 0. The zero-order valence-electron chi connectivity index (χ0n) is 11.5. The van der Waals surface area contributed by atoms with E-state index in [2.05, 4.69) is 5.16 Å². The van der Waals surface area contributed by atoms with E-state index >= 15 is 0 Å². The predicted molar refractivity (Wildman–Crippen MR) is 82.0 cm³/mol. The van der Waals surface area contributed by atoms with Gasteiger partial charge in [0.2, 0.25) is 20.8 Å². The van der Waals surface area contributed by atoms with Crippen LogP contribution in [0.4, 0.5) is 5.88 Å². The van der Waals surface area contributed by atoms with Crippen molar-refractivity contribution in [3.63, 3.8) is 0 Å². The number of amides is 1. The molecule has 1 aromatic heterocycles. The van der Waals surface area contributed by atoms with Gasteiger partial charge >= 0.3 is 0 Å². The quantitative estimate of drug-likeness (QED) is 0.797. The van der Waals surface area contributed by atoms with Crippen LogP contribution in [0.25, 0.3) is 11.3 Å². The molecule has 1 aliphatic heterocycles. The lowest BCUT2D eigenvalue weighted by Gasteiger charge is -2.11. The number of benzene rings is 1. The van der Waals surface area contributed by atoms with Gasteiger partial charge in [-0.1, -0.05) is 35.5 Å². The number of carbonyl (C=O) groups excluding carboxylic acids is 1. The molecule has 0 spiro atoms.